The normalized spacial score (nSPS) is 31.4. The molecule has 0 spiro atoms. The Morgan fingerprint density at radius 2 is 2.03 bits per heavy atom. The van der Waals surface area contributed by atoms with E-state index in [0.29, 0.717) is 18.9 Å². The van der Waals surface area contributed by atoms with Crippen LogP contribution in [0.25, 0.3) is 0 Å². The van der Waals surface area contributed by atoms with E-state index in [-0.39, 0.29) is 15.9 Å². The molecule has 0 radical (unpaired) electrons. The van der Waals surface area contributed by atoms with Gasteiger partial charge in [-0.15, -0.1) is 9.05 Å². The van der Waals surface area contributed by atoms with Crippen molar-refractivity contribution in [2.45, 2.75) is 108 Å². The van der Waals surface area contributed by atoms with E-state index in [2.05, 4.69) is 59.3 Å². The molecule has 1 aromatic heterocycles. The lowest BCUT2D eigenvalue weighted by Crippen LogP contribution is -2.44. The van der Waals surface area contributed by atoms with Crippen molar-refractivity contribution in [1.29, 1.82) is 0 Å². The first-order valence-corrected chi connectivity index (χ1v) is 18.3. The first kappa shape index (κ1) is 30.9. The Labute approximate surface area is 232 Å². The van der Waals surface area contributed by atoms with Gasteiger partial charge in [-0.05, 0) is 57.2 Å². The monoisotopic (exact) mass is 589 g/mol. The number of nitrogens with one attached hydrogen (secondary N) is 1. The first-order chi connectivity index (χ1) is 17.0. The number of nitrogens with zero attached hydrogens (tertiary/aromatic N) is 1. The number of allylic oxidation sites excluding steroid dienone is 1. The Hall–Kier alpha value is -0.653. The maximum atomic E-state index is 12.4. The van der Waals surface area contributed by atoms with Crippen molar-refractivity contribution in [1.82, 2.24) is 9.55 Å². The van der Waals surface area contributed by atoms with Crippen molar-refractivity contribution >= 4 is 39.9 Å². The van der Waals surface area contributed by atoms with Crippen LogP contribution in [-0.2, 0) is 30.0 Å². The van der Waals surface area contributed by atoms with Crippen molar-refractivity contribution in [3.05, 3.63) is 45.3 Å². The average molecular weight is 590 g/mol. The zero-order valence-electron chi connectivity index (χ0n) is 23.0. The van der Waals surface area contributed by atoms with E-state index in [1.165, 1.54) is 16.8 Å². The van der Waals surface area contributed by atoms with Crippen molar-refractivity contribution in [3.8, 4) is 0 Å². The molecule has 1 saturated carbocycles. The van der Waals surface area contributed by atoms with Gasteiger partial charge in [0.1, 0.15) is 24.5 Å². The number of thiol groups is 1. The minimum atomic E-state index is -2.06. The maximum absolute atomic E-state index is 12.4. The topological polar surface area (TPSA) is 91.8 Å². The van der Waals surface area contributed by atoms with E-state index >= 15 is 0 Å². The third-order valence-electron chi connectivity index (χ3n) is 8.08. The van der Waals surface area contributed by atoms with E-state index in [0.717, 1.165) is 24.8 Å². The van der Waals surface area contributed by atoms with E-state index in [1.807, 2.05) is 0 Å². The third-order valence-corrected chi connectivity index (χ3v) is 14.5. The van der Waals surface area contributed by atoms with Gasteiger partial charge < -0.3 is 9.16 Å². The lowest BCUT2D eigenvalue weighted by atomic mass is 9.77. The number of hydrogen-bond donors (Lipinski definition) is 2. The Kier molecular flexibility index (Phi) is 9.88. The molecule has 1 aliphatic heterocycles. The standard InChI is InChI=1S/C25H41N2O6PS2Si/c1-16(2)17-9-11-25(6,35)20(13-17)33-34(36)32-18-14-22(27-12-10-21(28)26-23(27)29)31-19(18)15-30-37(7,8)24(3,4)5/h10,12,17-20,22H,1,9,11,13-15H2,2-8H3,(H-,26,28,29,35)/p+1/t17-,18+,19-,20+,22-,25+/m1/s1. The lowest BCUT2D eigenvalue weighted by molar-refractivity contribution is -0.0400. The summed E-state index contributed by atoms with van der Waals surface area (Å²) in [5, 5.41) is 0.0305. The second-order valence-electron chi connectivity index (χ2n) is 12.1. The van der Waals surface area contributed by atoms with E-state index < -0.39 is 45.2 Å². The van der Waals surface area contributed by atoms with Crippen LogP contribution in [0, 0.1) is 5.92 Å². The molecule has 0 bridgehead atoms. The number of aromatic amines is 1. The highest BCUT2D eigenvalue weighted by molar-refractivity contribution is 8.00. The predicted octanol–water partition coefficient (Wildman–Crippen LogP) is 5.45. The summed E-state index contributed by atoms with van der Waals surface area (Å²) >= 11 is 10.6. The van der Waals surface area contributed by atoms with Crippen molar-refractivity contribution in [3.63, 3.8) is 0 Å². The van der Waals surface area contributed by atoms with Gasteiger partial charge in [0.15, 0.2) is 8.32 Å². The molecule has 37 heavy (non-hydrogen) atoms. The van der Waals surface area contributed by atoms with Crippen molar-refractivity contribution in [2.24, 2.45) is 5.92 Å². The van der Waals surface area contributed by atoms with Crippen LogP contribution in [0.3, 0.4) is 0 Å². The summed E-state index contributed by atoms with van der Waals surface area (Å²) in [5.41, 5.74) is 0.161. The number of H-pyrrole nitrogens is 1. The fourth-order valence-electron chi connectivity index (χ4n) is 4.39. The van der Waals surface area contributed by atoms with Crippen LogP contribution >= 0.6 is 19.8 Å². The van der Waals surface area contributed by atoms with Gasteiger partial charge in [0.25, 0.3) is 5.56 Å². The molecule has 2 fully saturated rings. The average Bonchev–Trinajstić information content (AvgIpc) is 3.14. The number of rotatable bonds is 9. The molecule has 12 heteroatoms. The zero-order valence-corrected chi connectivity index (χ0v) is 26.6. The van der Waals surface area contributed by atoms with Gasteiger partial charge in [-0.25, -0.2) is 4.79 Å². The van der Waals surface area contributed by atoms with Crippen LogP contribution in [0.15, 0.2) is 34.0 Å². The van der Waals surface area contributed by atoms with E-state index in [9.17, 15) is 9.59 Å². The van der Waals surface area contributed by atoms with Crippen LogP contribution in [0.4, 0.5) is 0 Å². The van der Waals surface area contributed by atoms with Gasteiger partial charge in [0.2, 0.25) is 11.8 Å². The van der Waals surface area contributed by atoms with Crippen LogP contribution in [-0.4, -0.2) is 47.5 Å². The van der Waals surface area contributed by atoms with Crippen LogP contribution in [0.2, 0.25) is 18.1 Å². The highest BCUT2D eigenvalue weighted by Gasteiger charge is 2.47. The van der Waals surface area contributed by atoms with E-state index in [4.69, 9.17) is 42.6 Å². The van der Waals surface area contributed by atoms with Gasteiger partial charge in [0.05, 0.1) is 6.61 Å². The second-order valence-corrected chi connectivity index (χ2v) is 19.7. The molecule has 0 amide bonds. The zero-order chi connectivity index (χ0) is 27.8. The summed E-state index contributed by atoms with van der Waals surface area (Å²) in [4.78, 5) is 26.3. The predicted molar refractivity (Wildman–Crippen MR) is 157 cm³/mol. The third kappa shape index (κ3) is 7.72. The summed E-state index contributed by atoms with van der Waals surface area (Å²) in [6, 6.07) is 1.30. The van der Waals surface area contributed by atoms with Crippen LogP contribution in [0.5, 0.6) is 0 Å². The molecule has 2 heterocycles. The lowest BCUT2D eigenvalue weighted by Gasteiger charge is -2.38. The Morgan fingerprint density at radius 1 is 1.35 bits per heavy atom. The number of ether oxygens (including phenoxy) is 1. The summed E-state index contributed by atoms with van der Waals surface area (Å²) in [5.74, 6) is 0.376. The Morgan fingerprint density at radius 3 is 2.62 bits per heavy atom. The molecule has 1 unspecified atom stereocenters. The molecule has 1 saturated heterocycles. The molecule has 1 N–H and O–H groups in total. The van der Waals surface area contributed by atoms with Gasteiger partial charge in [-0.1, -0.05) is 32.9 Å². The maximum Gasteiger partial charge on any atom is 0.522 e. The van der Waals surface area contributed by atoms with Gasteiger partial charge in [-0.2, -0.15) is 12.6 Å². The fourth-order valence-corrected chi connectivity index (χ4v) is 7.44. The van der Waals surface area contributed by atoms with Gasteiger partial charge in [0, 0.05) is 23.4 Å². The molecule has 1 aromatic rings. The summed E-state index contributed by atoms with van der Waals surface area (Å²) in [6.45, 7) is 19.5. The molecule has 8 nitrogen and oxygen atoms in total. The van der Waals surface area contributed by atoms with Crippen molar-refractivity contribution < 1.29 is 18.2 Å². The fraction of sp³-hybridized carbons (Fsp3) is 0.760. The molecule has 2 aliphatic rings. The highest BCUT2D eigenvalue weighted by atomic mass is 32.4. The highest BCUT2D eigenvalue weighted by Crippen LogP contribution is 2.46. The number of aromatic nitrogens is 2. The molecular formula is C25H42N2O6PS2Si+. The Bertz CT molecular complexity index is 1120. The number of hydrogen-bond acceptors (Lipinski definition) is 8. The molecule has 3 rings (SSSR count). The minimum Gasteiger partial charge on any atom is -0.414 e. The van der Waals surface area contributed by atoms with Crippen LogP contribution < -0.4 is 11.2 Å². The SMILES string of the molecule is C=C(C)[C@@H]1CC[C@](C)(S)[C@@H](O[P+](=S)O[C@H]2C[C@H](n3ccc(=O)[nH]c3=O)O[C@@H]2CO[Si](C)(C)C(C)(C)C)C1. The molecular weight excluding hydrogens is 547 g/mol. The second kappa shape index (κ2) is 11.8. The molecule has 1 aliphatic carbocycles. The summed E-state index contributed by atoms with van der Waals surface area (Å²) in [7, 11) is -3.72. The first-order valence-electron chi connectivity index (χ1n) is 12.8. The molecule has 7 atom stereocenters. The quantitative estimate of drug-likeness (QED) is 0.171. The van der Waals surface area contributed by atoms with Gasteiger partial charge in [-0.3, -0.25) is 14.3 Å². The van der Waals surface area contributed by atoms with E-state index in [1.54, 1.807) is 0 Å². The summed E-state index contributed by atoms with van der Waals surface area (Å²) in [6.07, 6.45) is 2.94. The Balaban J connectivity index is 1.76. The smallest absolute Gasteiger partial charge is 0.414 e. The molecule has 0 aromatic carbocycles. The minimum absolute atomic E-state index is 0.0305. The van der Waals surface area contributed by atoms with Crippen LogP contribution in [0.1, 0.15) is 66.5 Å². The largest absolute Gasteiger partial charge is 0.522 e. The van der Waals surface area contributed by atoms with Gasteiger partial charge >= 0.3 is 12.8 Å². The van der Waals surface area contributed by atoms with Crippen molar-refractivity contribution in [2.75, 3.05) is 6.61 Å². The molecule has 208 valence electrons. The summed E-state index contributed by atoms with van der Waals surface area (Å²) < 4.78 is 26.4.